The first kappa shape index (κ1) is 13.8. The summed E-state index contributed by atoms with van der Waals surface area (Å²) < 4.78 is 5.75. The van der Waals surface area contributed by atoms with Crippen molar-refractivity contribution in [2.75, 3.05) is 13.3 Å². The Morgan fingerprint density at radius 1 is 1.14 bits per heavy atom. The lowest BCUT2D eigenvalue weighted by molar-refractivity contribution is 0.103. The Bertz CT molecular complexity index is 667. The van der Waals surface area contributed by atoms with Crippen LogP contribution in [0.25, 0.3) is 0 Å². The van der Waals surface area contributed by atoms with Gasteiger partial charge in [0.15, 0.2) is 5.78 Å². The Morgan fingerprint density at radius 2 is 2.00 bits per heavy atom. The number of hydrogen-bond acceptors (Lipinski definition) is 4. The van der Waals surface area contributed by atoms with E-state index in [2.05, 4.69) is 5.32 Å². The van der Waals surface area contributed by atoms with Crippen molar-refractivity contribution in [2.24, 2.45) is 0 Å². The van der Waals surface area contributed by atoms with Crippen molar-refractivity contribution >= 4 is 5.78 Å². The minimum Gasteiger partial charge on any atom is -0.488 e. The monoisotopic (exact) mass is 283 g/mol. The topological polar surface area (TPSA) is 58.6 Å². The Balaban J connectivity index is 1.93. The summed E-state index contributed by atoms with van der Waals surface area (Å²) in [5.41, 5.74) is 3.29. The highest BCUT2D eigenvalue weighted by Gasteiger charge is 2.22. The fourth-order valence-corrected chi connectivity index (χ4v) is 2.52. The van der Waals surface area contributed by atoms with Crippen LogP contribution in [-0.2, 0) is 13.0 Å². The molecule has 0 aliphatic carbocycles. The van der Waals surface area contributed by atoms with Gasteiger partial charge in [0.1, 0.15) is 12.4 Å². The summed E-state index contributed by atoms with van der Waals surface area (Å²) in [6, 6.07) is 13.3. The van der Waals surface area contributed by atoms with Gasteiger partial charge in [-0.05, 0) is 24.1 Å². The largest absolute Gasteiger partial charge is 0.488 e. The Hall–Kier alpha value is -2.17. The standard InChI is InChI=1S/C17H17NO3/c19-11-18-8-7-12-5-6-16-15(9-12)17(20)14-4-2-1-3-13(14)10-21-16/h1-6,9,18-19H,7-8,10-11H2. The van der Waals surface area contributed by atoms with Crippen molar-refractivity contribution in [1.29, 1.82) is 0 Å². The third-order valence-corrected chi connectivity index (χ3v) is 3.64. The highest BCUT2D eigenvalue weighted by Crippen LogP contribution is 2.29. The predicted molar refractivity (Wildman–Crippen MR) is 79.4 cm³/mol. The summed E-state index contributed by atoms with van der Waals surface area (Å²) in [5.74, 6) is 0.644. The number of carbonyl (C=O) groups excluding carboxylic acids is 1. The summed E-state index contributed by atoms with van der Waals surface area (Å²) in [6.45, 7) is 1.04. The minimum absolute atomic E-state index is 0.00932. The summed E-state index contributed by atoms with van der Waals surface area (Å²) in [7, 11) is 0. The zero-order valence-electron chi connectivity index (χ0n) is 11.6. The van der Waals surface area contributed by atoms with Crippen LogP contribution >= 0.6 is 0 Å². The van der Waals surface area contributed by atoms with Gasteiger partial charge in [0.2, 0.25) is 0 Å². The van der Waals surface area contributed by atoms with Gasteiger partial charge in [-0.1, -0.05) is 30.3 Å². The number of ether oxygens (including phenoxy) is 1. The van der Waals surface area contributed by atoms with E-state index in [-0.39, 0.29) is 12.5 Å². The summed E-state index contributed by atoms with van der Waals surface area (Å²) in [4.78, 5) is 12.7. The van der Waals surface area contributed by atoms with Crippen LogP contribution < -0.4 is 10.1 Å². The van der Waals surface area contributed by atoms with Gasteiger partial charge >= 0.3 is 0 Å². The third-order valence-electron chi connectivity index (χ3n) is 3.64. The molecule has 108 valence electrons. The van der Waals surface area contributed by atoms with Gasteiger partial charge in [-0.2, -0.15) is 0 Å². The molecule has 0 bridgehead atoms. The number of fused-ring (bicyclic) bond motifs is 2. The minimum atomic E-state index is -0.0413. The maximum absolute atomic E-state index is 12.7. The van der Waals surface area contributed by atoms with E-state index in [1.807, 2.05) is 42.5 Å². The number of rotatable bonds is 4. The number of benzene rings is 2. The molecule has 4 heteroatoms. The highest BCUT2D eigenvalue weighted by atomic mass is 16.5. The number of aliphatic hydroxyl groups excluding tert-OH is 1. The maximum atomic E-state index is 12.7. The summed E-state index contributed by atoms with van der Waals surface area (Å²) >= 11 is 0. The molecular weight excluding hydrogens is 266 g/mol. The molecule has 0 spiro atoms. The van der Waals surface area contributed by atoms with Crippen LogP contribution in [0, 0.1) is 0 Å². The highest BCUT2D eigenvalue weighted by molar-refractivity contribution is 6.12. The molecule has 0 radical (unpaired) electrons. The predicted octanol–water partition coefficient (Wildman–Crippen LogP) is 1.89. The van der Waals surface area contributed by atoms with Crippen molar-refractivity contribution in [3.05, 3.63) is 64.7 Å². The zero-order chi connectivity index (χ0) is 14.7. The lowest BCUT2D eigenvalue weighted by Gasteiger charge is -2.08. The first-order valence-electron chi connectivity index (χ1n) is 6.99. The normalized spacial score (nSPS) is 13.1. The number of hydrogen-bond donors (Lipinski definition) is 2. The van der Waals surface area contributed by atoms with Gasteiger partial charge in [0.25, 0.3) is 0 Å². The molecule has 0 aromatic heterocycles. The maximum Gasteiger partial charge on any atom is 0.197 e. The van der Waals surface area contributed by atoms with E-state index in [4.69, 9.17) is 9.84 Å². The fraction of sp³-hybridized carbons (Fsp3) is 0.235. The second kappa shape index (κ2) is 6.08. The van der Waals surface area contributed by atoms with E-state index in [0.717, 1.165) is 17.5 Å². The smallest absolute Gasteiger partial charge is 0.197 e. The zero-order valence-corrected chi connectivity index (χ0v) is 11.6. The van der Waals surface area contributed by atoms with Gasteiger partial charge in [-0.15, -0.1) is 0 Å². The SMILES string of the molecule is O=C1c2ccccc2COc2ccc(CCNCO)cc21. The molecule has 1 heterocycles. The lowest BCUT2D eigenvalue weighted by atomic mass is 9.97. The summed E-state index contributed by atoms with van der Waals surface area (Å²) in [5, 5.41) is 11.6. The number of ketones is 1. The van der Waals surface area contributed by atoms with E-state index >= 15 is 0 Å². The van der Waals surface area contributed by atoms with Crippen molar-refractivity contribution in [3.63, 3.8) is 0 Å². The molecule has 1 aliphatic rings. The second-order valence-corrected chi connectivity index (χ2v) is 5.01. The van der Waals surface area contributed by atoms with Crippen LogP contribution in [0.5, 0.6) is 5.75 Å². The van der Waals surface area contributed by atoms with E-state index < -0.39 is 0 Å². The molecule has 0 fully saturated rings. The van der Waals surface area contributed by atoms with Crippen LogP contribution in [-0.4, -0.2) is 24.2 Å². The van der Waals surface area contributed by atoms with E-state index in [1.54, 1.807) is 0 Å². The van der Waals surface area contributed by atoms with Gasteiger partial charge in [-0.25, -0.2) is 0 Å². The van der Waals surface area contributed by atoms with Crippen LogP contribution in [0.15, 0.2) is 42.5 Å². The van der Waals surface area contributed by atoms with Gasteiger partial charge in [0.05, 0.1) is 12.3 Å². The van der Waals surface area contributed by atoms with Crippen molar-refractivity contribution < 1.29 is 14.6 Å². The number of aliphatic hydroxyl groups is 1. The van der Waals surface area contributed by atoms with E-state index in [0.29, 0.717) is 30.0 Å². The molecule has 0 unspecified atom stereocenters. The van der Waals surface area contributed by atoms with Crippen molar-refractivity contribution in [3.8, 4) is 5.75 Å². The van der Waals surface area contributed by atoms with Crippen LogP contribution in [0.1, 0.15) is 27.0 Å². The Morgan fingerprint density at radius 3 is 2.86 bits per heavy atom. The molecule has 21 heavy (non-hydrogen) atoms. The van der Waals surface area contributed by atoms with E-state index in [1.165, 1.54) is 0 Å². The lowest BCUT2D eigenvalue weighted by Crippen LogP contribution is -2.18. The molecule has 0 amide bonds. The number of nitrogens with one attached hydrogen (secondary N) is 1. The quantitative estimate of drug-likeness (QED) is 0.664. The first-order chi connectivity index (χ1) is 10.3. The summed E-state index contributed by atoms with van der Waals surface area (Å²) in [6.07, 6.45) is 0.753. The Labute approximate surface area is 123 Å². The fourth-order valence-electron chi connectivity index (χ4n) is 2.52. The molecule has 3 rings (SSSR count). The molecule has 4 nitrogen and oxygen atoms in total. The second-order valence-electron chi connectivity index (χ2n) is 5.01. The molecule has 2 aromatic rings. The molecule has 0 saturated carbocycles. The molecule has 2 N–H and O–H groups in total. The van der Waals surface area contributed by atoms with E-state index in [9.17, 15) is 4.79 Å². The van der Waals surface area contributed by atoms with Crippen molar-refractivity contribution in [1.82, 2.24) is 5.32 Å². The average Bonchev–Trinajstić information content (AvgIpc) is 2.66. The average molecular weight is 283 g/mol. The molecule has 0 saturated heterocycles. The first-order valence-corrected chi connectivity index (χ1v) is 6.99. The molecule has 2 aromatic carbocycles. The van der Waals surface area contributed by atoms with Crippen LogP contribution in [0.4, 0.5) is 0 Å². The molecular formula is C17H17NO3. The molecule has 1 aliphatic heterocycles. The third kappa shape index (κ3) is 2.82. The Kier molecular flexibility index (Phi) is 3.99. The van der Waals surface area contributed by atoms with Crippen molar-refractivity contribution in [2.45, 2.75) is 13.0 Å². The molecule has 0 atom stereocenters. The van der Waals surface area contributed by atoms with Gasteiger partial charge < -0.3 is 9.84 Å². The number of carbonyl (C=O) groups is 1. The van der Waals surface area contributed by atoms with Crippen LogP contribution in [0.2, 0.25) is 0 Å². The van der Waals surface area contributed by atoms with Gasteiger partial charge in [-0.3, -0.25) is 10.1 Å². The van der Waals surface area contributed by atoms with Gasteiger partial charge in [0, 0.05) is 17.7 Å². The van der Waals surface area contributed by atoms with Crippen LogP contribution in [0.3, 0.4) is 0 Å².